The quantitative estimate of drug-likeness (QED) is 0.230. The zero-order chi connectivity index (χ0) is 31.2. The van der Waals surface area contributed by atoms with Gasteiger partial charge in [-0.05, 0) is 85.6 Å². The van der Waals surface area contributed by atoms with Gasteiger partial charge in [0.05, 0.1) is 22.2 Å². The highest BCUT2D eigenvalue weighted by molar-refractivity contribution is 9.10. The molecule has 0 bridgehead atoms. The van der Waals surface area contributed by atoms with E-state index in [0.29, 0.717) is 32.3 Å². The highest BCUT2D eigenvalue weighted by atomic mass is 79.9. The van der Waals surface area contributed by atoms with Gasteiger partial charge < -0.3 is 15.0 Å². The van der Waals surface area contributed by atoms with Crippen molar-refractivity contribution in [1.82, 2.24) is 10.2 Å². The van der Waals surface area contributed by atoms with Crippen LogP contribution in [0, 0.1) is 6.92 Å². The Morgan fingerprint density at radius 2 is 1.64 bits per heavy atom. The van der Waals surface area contributed by atoms with Crippen molar-refractivity contribution >= 4 is 66.7 Å². The molecule has 0 unspecified atom stereocenters. The van der Waals surface area contributed by atoms with Crippen molar-refractivity contribution in [2.45, 2.75) is 57.6 Å². The molecule has 1 N–H and O–H groups in total. The summed E-state index contributed by atoms with van der Waals surface area (Å²) in [7, 11) is -2.78. The molecule has 8 nitrogen and oxygen atoms in total. The molecular formula is C30H34BrCl2N3O5S. The molecule has 226 valence electrons. The Balaban J connectivity index is 2.08. The topological polar surface area (TPSA) is 96.0 Å². The lowest BCUT2D eigenvalue weighted by atomic mass is 10.1. The Labute approximate surface area is 266 Å². The monoisotopic (exact) mass is 697 g/mol. The minimum atomic E-state index is -4.25. The van der Waals surface area contributed by atoms with E-state index < -0.39 is 28.5 Å². The van der Waals surface area contributed by atoms with Gasteiger partial charge in [0.15, 0.2) is 0 Å². The summed E-state index contributed by atoms with van der Waals surface area (Å²) in [4.78, 5) is 28.5. The summed E-state index contributed by atoms with van der Waals surface area (Å²) in [6.07, 6.45) is 0.694. The van der Waals surface area contributed by atoms with Crippen molar-refractivity contribution in [3.8, 4) is 5.75 Å². The van der Waals surface area contributed by atoms with E-state index in [-0.39, 0.29) is 29.1 Å². The summed E-state index contributed by atoms with van der Waals surface area (Å²) in [5.41, 5.74) is 1.65. The van der Waals surface area contributed by atoms with E-state index in [1.165, 1.54) is 30.2 Å². The number of hydrogen-bond donors (Lipinski definition) is 1. The molecule has 0 aliphatic heterocycles. The van der Waals surface area contributed by atoms with E-state index in [9.17, 15) is 18.0 Å². The molecule has 12 heteroatoms. The standard InChI is InChI=1S/C30H34BrCl2N3O5S/c1-6-20(3)34-30(38)21(4)35(17-24-26(32)8-7-9-27(24)33)29(37)18-36(22-12-10-19(2)11-13-22)42(39,40)23-14-15-28(41-5)25(31)16-23/h7-16,20-21H,6,17-18H2,1-5H3,(H,34,38)/t20-,21+/m1/s1. The van der Waals surface area contributed by atoms with Crippen LogP contribution in [-0.4, -0.2) is 50.9 Å². The van der Waals surface area contributed by atoms with Gasteiger partial charge >= 0.3 is 0 Å². The second-order valence-corrected chi connectivity index (χ2v) is 13.4. The third kappa shape index (κ3) is 7.98. The third-order valence-corrected chi connectivity index (χ3v) is 9.97. The predicted molar refractivity (Wildman–Crippen MR) is 171 cm³/mol. The molecule has 3 rings (SSSR count). The normalized spacial score (nSPS) is 12.8. The summed E-state index contributed by atoms with van der Waals surface area (Å²) in [5.74, 6) is -0.546. The number of anilines is 1. The van der Waals surface area contributed by atoms with Crippen LogP contribution in [0.1, 0.15) is 38.3 Å². The van der Waals surface area contributed by atoms with Crippen LogP contribution in [0.4, 0.5) is 5.69 Å². The van der Waals surface area contributed by atoms with Crippen LogP contribution < -0.4 is 14.4 Å². The summed E-state index contributed by atoms with van der Waals surface area (Å²) in [6.45, 7) is 6.57. The maximum absolute atomic E-state index is 14.1. The number of carbonyl (C=O) groups excluding carboxylic acids is 2. The van der Waals surface area contributed by atoms with Gasteiger partial charge in [-0.25, -0.2) is 8.42 Å². The molecule has 0 saturated heterocycles. The van der Waals surface area contributed by atoms with E-state index in [4.69, 9.17) is 27.9 Å². The van der Waals surface area contributed by atoms with Crippen LogP contribution in [0.2, 0.25) is 10.0 Å². The highest BCUT2D eigenvalue weighted by Gasteiger charge is 2.33. The molecular weight excluding hydrogens is 665 g/mol. The first-order valence-corrected chi connectivity index (χ1v) is 16.2. The number of carbonyl (C=O) groups is 2. The van der Waals surface area contributed by atoms with Crippen LogP contribution in [-0.2, 0) is 26.2 Å². The molecule has 0 aliphatic carbocycles. The molecule has 2 atom stereocenters. The smallest absolute Gasteiger partial charge is 0.264 e. The Hall–Kier alpha value is -2.79. The average Bonchev–Trinajstić information content (AvgIpc) is 2.95. The predicted octanol–water partition coefficient (Wildman–Crippen LogP) is 6.60. The van der Waals surface area contributed by atoms with Crippen molar-refractivity contribution in [1.29, 1.82) is 0 Å². The molecule has 3 aromatic carbocycles. The van der Waals surface area contributed by atoms with E-state index in [0.717, 1.165) is 9.87 Å². The Morgan fingerprint density at radius 3 is 2.19 bits per heavy atom. The average molecular weight is 699 g/mol. The highest BCUT2D eigenvalue weighted by Crippen LogP contribution is 2.32. The van der Waals surface area contributed by atoms with Gasteiger partial charge in [-0.3, -0.25) is 13.9 Å². The lowest BCUT2D eigenvalue weighted by Gasteiger charge is -2.33. The van der Waals surface area contributed by atoms with Gasteiger partial charge in [0.2, 0.25) is 11.8 Å². The third-order valence-electron chi connectivity index (χ3n) is 6.87. The first kappa shape index (κ1) is 33.7. The zero-order valence-corrected chi connectivity index (χ0v) is 27.9. The number of nitrogens with one attached hydrogen (secondary N) is 1. The number of methoxy groups -OCH3 is 1. The second kappa shape index (κ2) is 14.6. The fraction of sp³-hybridized carbons (Fsp3) is 0.333. The van der Waals surface area contributed by atoms with E-state index in [1.54, 1.807) is 49.4 Å². The Kier molecular flexibility index (Phi) is 11.7. The lowest BCUT2D eigenvalue weighted by Crippen LogP contribution is -2.52. The summed E-state index contributed by atoms with van der Waals surface area (Å²) in [6, 6.07) is 15.0. The van der Waals surface area contributed by atoms with Crippen LogP contribution in [0.3, 0.4) is 0 Å². The Bertz CT molecular complexity index is 1520. The van der Waals surface area contributed by atoms with E-state index in [2.05, 4.69) is 21.2 Å². The van der Waals surface area contributed by atoms with Gasteiger partial charge in [0.25, 0.3) is 10.0 Å². The summed E-state index contributed by atoms with van der Waals surface area (Å²) >= 11 is 16.2. The van der Waals surface area contributed by atoms with Gasteiger partial charge in [-0.2, -0.15) is 0 Å². The SMILES string of the molecule is CC[C@@H](C)NC(=O)[C@H](C)N(Cc1c(Cl)cccc1Cl)C(=O)CN(c1ccc(C)cc1)S(=O)(=O)c1ccc(OC)c(Br)c1. The number of nitrogens with zero attached hydrogens (tertiary/aromatic N) is 2. The van der Waals surface area contributed by atoms with Crippen molar-refractivity contribution in [2.75, 3.05) is 18.0 Å². The first-order valence-electron chi connectivity index (χ1n) is 13.3. The number of amides is 2. The second-order valence-electron chi connectivity index (χ2n) is 9.86. The maximum Gasteiger partial charge on any atom is 0.264 e. The summed E-state index contributed by atoms with van der Waals surface area (Å²) < 4.78 is 34.8. The van der Waals surface area contributed by atoms with Gasteiger partial charge in [-0.1, -0.05) is 53.9 Å². The molecule has 0 spiro atoms. The Morgan fingerprint density at radius 1 is 1.02 bits per heavy atom. The van der Waals surface area contributed by atoms with Crippen LogP contribution in [0.15, 0.2) is 70.0 Å². The minimum Gasteiger partial charge on any atom is -0.496 e. The number of rotatable bonds is 12. The van der Waals surface area contributed by atoms with Crippen molar-refractivity contribution in [3.63, 3.8) is 0 Å². The number of aryl methyl sites for hydroxylation is 1. The molecule has 3 aromatic rings. The fourth-order valence-corrected chi connectivity index (χ4v) is 6.73. The fourth-order valence-electron chi connectivity index (χ4n) is 4.08. The number of hydrogen-bond acceptors (Lipinski definition) is 5. The summed E-state index contributed by atoms with van der Waals surface area (Å²) in [5, 5.41) is 3.54. The van der Waals surface area contributed by atoms with Gasteiger partial charge in [0.1, 0.15) is 18.3 Å². The van der Waals surface area contributed by atoms with Crippen molar-refractivity contribution < 1.29 is 22.7 Å². The number of benzene rings is 3. The molecule has 0 aromatic heterocycles. The number of ether oxygens (including phenoxy) is 1. The zero-order valence-electron chi connectivity index (χ0n) is 24.0. The van der Waals surface area contributed by atoms with Gasteiger partial charge in [0, 0.05) is 28.2 Å². The molecule has 42 heavy (non-hydrogen) atoms. The molecule has 0 saturated carbocycles. The molecule has 0 fully saturated rings. The van der Waals surface area contributed by atoms with Crippen LogP contribution in [0.25, 0.3) is 0 Å². The molecule has 0 radical (unpaired) electrons. The van der Waals surface area contributed by atoms with Crippen LogP contribution >= 0.6 is 39.1 Å². The lowest BCUT2D eigenvalue weighted by molar-refractivity contribution is -0.139. The van der Waals surface area contributed by atoms with E-state index >= 15 is 0 Å². The van der Waals surface area contributed by atoms with Gasteiger partial charge in [-0.15, -0.1) is 0 Å². The molecule has 0 heterocycles. The molecule has 0 aliphatic rings. The van der Waals surface area contributed by atoms with Crippen LogP contribution in [0.5, 0.6) is 5.75 Å². The number of halogens is 3. The van der Waals surface area contributed by atoms with Crippen molar-refractivity contribution in [3.05, 3.63) is 86.3 Å². The molecule has 2 amide bonds. The first-order chi connectivity index (χ1) is 19.8. The number of sulfonamides is 1. The largest absolute Gasteiger partial charge is 0.496 e. The maximum atomic E-state index is 14.1. The van der Waals surface area contributed by atoms with E-state index in [1.807, 2.05) is 20.8 Å². The minimum absolute atomic E-state index is 0.0492. The van der Waals surface area contributed by atoms with Crippen molar-refractivity contribution in [2.24, 2.45) is 0 Å².